The molecule has 1 aliphatic carbocycles. The van der Waals surface area contributed by atoms with Gasteiger partial charge in [-0.3, -0.25) is 4.90 Å². The Labute approximate surface area is 116 Å². The highest BCUT2D eigenvalue weighted by Crippen LogP contribution is 2.21. The fourth-order valence-corrected chi connectivity index (χ4v) is 2.83. The second-order valence-electron chi connectivity index (χ2n) is 5.49. The normalized spacial score (nSPS) is 17.8. The Morgan fingerprint density at radius 2 is 2.05 bits per heavy atom. The number of methoxy groups -OCH3 is 1. The number of rotatable bonds is 6. The van der Waals surface area contributed by atoms with Crippen LogP contribution in [0.1, 0.15) is 44.3 Å². The average molecular weight is 266 g/mol. The van der Waals surface area contributed by atoms with Crippen molar-refractivity contribution in [3.05, 3.63) is 12.2 Å². The van der Waals surface area contributed by atoms with Crippen molar-refractivity contribution >= 4 is 0 Å². The van der Waals surface area contributed by atoms with Crippen LogP contribution in [0.4, 0.5) is 0 Å². The molecule has 1 aromatic rings. The fourth-order valence-electron chi connectivity index (χ4n) is 2.83. The highest BCUT2D eigenvalue weighted by molar-refractivity contribution is 4.87. The Bertz CT molecular complexity index is 358. The van der Waals surface area contributed by atoms with Crippen LogP contribution in [0.15, 0.2) is 6.33 Å². The molecule has 0 bridgehead atoms. The Morgan fingerprint density at radius 3 is 2.74 bits per heavy atom. The lowest BCUT2D eigenvalue weighted by Gasteiger charge is -2.26. The van der Waals surface area contributed by atoms with Crippen molar-refractivity contribution in [1.29, 1.82) is 0 Å². The molecule has 5 nitrogen and oxygen atoms in total. The molecule has 1 heterocycles. The van der Waals surface area contributed by atoms with Gasteiger partial charge in [-0.15, -0.1) is 10.2 Å². The third-order valence-electron chi connectivity index (χ3n) is 4.07. The van der Waals surface area contributed by atoms with Gasteiger partial charge in [0.25, 0.3) is 0 Å². The summed E-state index contributed by atoms with van der Waals surface area (Å²) in [6.45, 7) is 2.42. The van der Waals surface area contributed by atoms with Gasteiger partial charge in [-0.25, -0.2) is 0 Å². The monoisotopic (exact) mass is 266 g/mol. The summed E-state index contributed by atoms with van der Waals surface area (Å²) in [5.41, 5.74) is 0. The van der Waals surface area contributed by atoms with Gasteiger partial charge in [0, 0.05) is 19.7 Å². The summed E-state index contributed by atoms with van der Waals surface area (Å²) in [6.07, 6.45) is 9.97. The maximum atomic E-state index is 5.12. The molecular weight excluding hydrogens is 240 g/mol. The first-order valence-corrected chi connectivity index (χ1v) is 7.37. The first-order valence-electron chi connectivity index (χ1n) is 7.37. The van der Waals surface area contributed by atoms with E-state index in [1.165, 1.54) is 38.5 Å². The summed E-state index contributed by atoms with van der Waals surface area (Å²) in [4.78, 5) is 2.44. The van der Waals surface area contributed by atoms with Gasteiger partial charge in [-0.05, 0) is 19.9 Å². The van der Waals surface area contributed by atoms with E-state index in [0.29, 0.717) is 12.6 Å². The van der Waals surface area contributed by atoms with Crippen molar-refractivity contribution in [2.24, 2.45) is 0 Å². The van der Waals surface area contributed by atoms with Crippen molar-refractivity contribution in [3.63, 3.8) is 0 Å². The van der Waals surface area contributed by atoms with Crippen molar-refractivity contribution in [2.75, 3.05) is 20.8 Å². The molecule has 0 aliphatic heterocycles. The molecule has 0 saturated heterocycles. The van der Waals surface area contributed by atoms with E-state index in [1.54, 1.807) is 13.4 Å². The smallest absolute Gasteiger partial charge is 0.147 e. The zero-order chi connectivity index (χ0) is 13.5. The minimum Gasteiger partial charge on any atom is -0.383 e. The molecule has 19 heavy (non-hydrogen) atoms. The molecule has 1 aromatic heterocycles. The lowest BCUT2D eigenvalue weighted by molar-refractivity contribution is 0.179. The highest BCUT2D eigenvalue weighted by atomic mass is 16.5. The lowest BCUT2D eigenvalue weighted by Crippen LogP contribution is -2.32. The molecule has 1 saturated carbocycles. The first kappa shape index (κ1) is 14.5. The summed E-state index contributed by atoms with van der Waals surface area (Å²) >= 11 is 0. The molecule has 5 heteroatoms. The van der Waals surface area contributed by atoms with Crippen LogP contribution < -0.4 is 0 Å². The van der Waals surface area contributed by atoms with Gasteiger partial charge in [0.2, 0.25) is 0 Å². The summed E-state index contributed by atoms with van der Waals surface area (Å²) in [5.74, 6) is 1.05. The summed E-state index contributed by atoms with van der Waals surface area (Å²) in [7, 11) is 3.94. The van der Waals surface area contributed by atoms with Crippen LogP contribution in [0.2, 0.25) is 0 Å². The Morgan fingerprint density at radius 1 is 1.32 bits per heavy atom. The summed E-state index contributed by atoms with van der Waals surface area (Å²) in [6, 6.07) is 0.704. The van der Waals surface area contributed by atoms with E-state index in [1.807, 2.05) is 0 Å². The van der Waals surface area contributed by atoms with Gasteiger partial charge in [-0.1, -0.05) is 25.7 Å². The highest BCUT2D eigenvalue weighted by Gasteiger charge is 2.18. The van der Waals surface area contributed by atoms with E-state index in [9.17, 15) is 0 Å². The zero-order valence-electron chi connectivity index (χ0n) is 12.2. The fraction of sp³-hybridized carbons (Fsp3) is 0.857. The predicted molar refractivity (Wildman–Crippen MR) is 74.9 cm³/mol. The molecule has 108 valence electrons. The molecule has 2 rings (SSSR count). The Balaban J connectivity index is 1.90. The molecule has 0 unspecified atom stereocenters. The van der Waals surface area contributed by atoms with E-state index in [-0.39, 0.29) is 0 Å². The van der Waals surface area contributed by atoms with Crippen LogP contribution in [-0.2, 0) is 17.8 Å². The van der Waals surface area contributed by atoms with Crippen molar-refractivity contribution < 1.29 is 4.74 Å². The van der Waals surface area contributed by atoms with Crippen LogP contribution in [0.3, 0.4) is 0 Å². The number of nitrogens with zero attached hydrogens (tertiary/aromatic N) is 4. The average Bonchev–Trinajstić information content (AvgIpc) is 2.67. The van der Waals surface area contributed by atoms with Crippen LogP contribution in [0.25, 0.3) is 0 Å². The Hall–Kier alpha value is -0.940. The minimum absolute atomic E-state index is 0.704. The van der Waals surface area contributed by atoms with E-state index < -0.39 is 0 Å². The summed E-state index contributed by atoms with van der Waals surface area (Å²) < 4.78 is 7.21. The largest absolute Gasteiger partial charge is 0.383 e. The molecule has 0 N–H and O–H groups in total. The molecule has 0 radical (unpaired) electrons. The lowest BCUT2D eigenvalue weighted by atomic mass is 10.1. The van der Waals surface area contributed by atoms with Gasteiger partial charge >= 0.3 is 0 Å². The van der Waals surface area contributed by atoms with Gasteiger partial charge < -0.3 is 9.30 Å². The van der Waals surface area contributed by atoms with E-state index in [2.05, 4.69) is 26.7 Å². The third kappa shape index (κ3) is 4.28. The zero-order valence-corrected chi connectivity index (χ0v) is 12.2. The van der Waals surface area contributed by atoms with E-state index >= 15 is 0 Å². The number of hydrogen-bond donors (Lipinski definition) is 0. The van der Waals surface area contributed by atoms with Crippen molar-refractivity contribution in [1.82, 2.24) is 19.7 Å². The van der Waals surface area contributed by atoms with Crippen molar-refractivity contribution in [2.45, 2.75) is 57.7 Å². The second kappa shape index (κ2) is 7.60. The predicted octanol–water partition coefficient (Wildman–Crippen LogP) is 2.08. The van der Waals surface area contributed by atoms with Gasteiger partial charge in [0.15, 0.2) is 0 Å². The second-order valence-corrected chi connectivity index (χ2v) is 5.49. The molecular formula is C14H26N4O. The van der Waals surface area contributed by atoms with Crippen LogP contribution >= 0.6 is 0 Å². The standard InChI is InChI=1S/C14H26N4O/c1-17(13-7-5-3-4-6-8-13)11-14-16-15-12-18(14)9-10-19-2/h12-13H,3-11H2,1-2H3. The first-order chi connectivity index (χ1) is 9.31. The molecule has 0 spiro atoms. The number of aromatic nitrogens is 3. The van der Waals surface area contributed by atoms with Gasteiger partial charge in [0.05, 0.1) is 13.2 Å². The summed E-state index contributed by atoms with van der Waals surface area (Å²) in [5, 5.41) is 8.27. The number of hydrogen-bond acceptors (Lipinski definition) is 4. The number of ether oxygens (including phenoxy) is 1. The van der Waals surface area contributed by atoms with Gasteiger partial charge in [-0.2, -0.15) is 0 Å². The van der Waals surface area contributed by atoms with Gasteiger partial charge in [0.1, 0.15) is 12.2 Å². The molecule has 0 aromatic carbocycles. The quantitative estimate of drug-likeness (QED) is 0.739. The van der Waals surface area contributed by atoms with E-state index in [0.717, 1.165) is 18.9 Å². The SMILES string of the molecule is COCCn1cnnc1CN(C)C1CCCCCC1. The molecule has 0 atom stereocenters. The topological polar surface area (TPSA) is 43.2 Å². The maximum Gasteiger partial charge on any atom is 0.147 e. The van der Waals surface area contributed by atoms with E-state index in [4.69, 9.17) is 4.74 Å². The van der Waals surface area contributed by atoms with Crippen LogP contribution in [0.5, 0.6) is 0 Å². The molecule has 1 aliphatic rings. The minimum atomic E-state index is 0.704. The van der Waals surface area contributed by atoms with Crippen LogP contribution in [-0.4, -0.2) is 46.5 Å². The molecule has 1 fully saturated rings. The van der Waals surface area contributed by atoms with Crippen molar-refractivity contribution in [3.8, 4) is 0 Å². The third-order valence-corrected chi connectivity index (χ3v) is 4.07. The Kier molecular flexibility index (Phi) is 5.79. The van der Waals surface area contributed by atoms with Crippen LogP contribution in [0, 0.1) is 0 Å². The maximum absolute atomic E-state index is 5.12. The molecule has 0 amide bonds.